The Kier molecular flexibility index (Phi) is 8.14. The molecule has 0 amide bonds. The van der Waals surface area contributed by atoms with Gasteiger partial charge in [-0.2, -0.15) is 0 Å². The van der Waals surface area contributed by atoms with Gasteiger partial charge < -0.3 is 4.90 Å². The summed E-state index contributed by atoms with van der Waals surface area (Å²) in [5.41, 5.74) is 0. The minimum absolute atomic E-state index is 0.103. The predicted molar refractivity (Wildman–Crippen MR) is 92.4 cm³/mol. The zero-order valence-corrected chi connectivity index (χ0v) is 15.7. The summed E-state index contributed by atoms with van der Waals surface area (Å²) in [4.78, 5) is 1.63. The molecule has 0 saturated carbocycles. The molecule has 7 heteroatoms. The van der Waals surface area contributed by atoms with Crippen LogP contribution < -0.4 is 9.62 Å². The van der Waals surface area contributed by atoms with Crippen LogP contribution in [-0.4, -0.2) is 34.1 Å². The molecule has 1 rings (SSSR count). The van der Waals surface area contributed by atoms with E-state index in [2.05, 4.69) is 18.6 Å². The normalized spacial score (nSPS) is 13.5. The van der Waals surface area contributed by atoms with E-state index in [1.807, 2.05) is 6.92 Å². The van der Waals surface area contributed by atoms with Crippen molar-refractivity contribution < 1.29 is 13.3 Å². The molecule has 0 aliphatic heterocycles. The molecule has 2 N–H and O–H groups in total. The van der Waals surface area contributed by atoms with E-state index in [1.54, 1.807) is 0 Å². The molecular weight excluding hydrogens is 343 g/mol. The molecule has 0 fully saturated rings. The Bertz CT molecular complexity index is 555. The van der Waals surface area contributed by atoms with Crippen molar-refractivity contribution in [2.24, 2.45) is 0 Å². The maximum Gasteiger partial charge on any atom is 0.240 e. The second-order valence-electron chi connectivity index (χ2n) is 5.48. The Balaban J connectivity index is 2.60. The number of hydrogen-bond donors (Lipinski definition) is 2. The lowest BCUT2D eigenvalue weighted by Crippen LogP contribution is -3.11. The molecule has 126 valence electrons. The standard InChI is InChI=1S/C15H24Cl2N2O2S/c1-4-19(5-2)8-6-7-12(3)18-22(20,21)15-10-13(16)9-14(17)11-15/h9-12,18H,4-8H2,1-3H3/p+1/t12-/m1/s1. The summed E-state index contributed by atoms with van der Waals surface area (Å²) in [6.07, 6.45) is 1.79. The summed E-state index contributed by atoms with van der Waals surface area (Å²) < 4.78 is 27.3. The van der Waals surface area contributed by atoms with Crippen LogP contribution in [0.2, 0.25) is 10.0 Å². The van der Waals surface area contributed by atoms with Crippen LogP contribution in [0.1, 0.15) is 33.6 Å². The number of halogens is 2. The summed E-state index contributed by atoms with van der Waals surface area (Å²) in [6.45, 7) is 9.44. The Labute approximate surface area is 143 Å². The first-order valence-electron chi connectivity index (χ1n) is 7.60. The van der Waals surface area contributed by atoms with E-state index in [0.29, 0.717) is 10.0 Å². The largest absolute Gasteiger partial charge is 0.335 e. The van der Waals surface area contributed by atoms with E-state index in [1.165, 1.54) is 23.1 Å². The third-order valence-electron chi connectivity index (χ3n) is 3.67. The zero-order valence-electron chi connectivity index (χ0n) is 13.3. The molecular formula is C15H25Cl2N2O2S+. The number of sulfonamides is 1. The van der Waals surface area contributed by atoms with Gasteiger partial charge in [0.05, 0.1) is 24.5 Å². The summed E-state index contributed by atoms with van der Waals surface area (Å²) in [6, 6.07) is 4.20. The molecule has 1 atom stereocenters. The van der Waals surface area contributed by atoms with Crippen LogP contribution >= 0.6 is 23.2 Å². The minimum atomic E-state index is -3.59. The fourth-order valence-electron chi connectivity index (χ4n) is 2.34. The van der Waals surface area contributed by atoms with Crippen LogP contribution in [0.3, 0.4) is 0 Å². The Morgan fingerprint density at radius 3 is 2.18 bits per heavy atom. The zero-order chi connectivity index (χ0) is 16.8. The van der Waals surface area contributed by atoms with Gasteiger partial charge in [-0.25, -0.2) is 13.1 Å². The second-order valence-corrected chi connectivity index (χ2v) is 8.06. The number of nitrogens with one attached hydrogen (secondary N) is 2. The van der Waals surface area contributed by atoms with Gasteiger partial charge in [0.15, 0.2) is 0 Å². The van der Waals surface area contributed by atoms with Crippen molar-refractivity contribution in [2.75, 3.05) is 19.6 Å². The molecule has 0 aliphatic carbocycles. The van der Waals surface area contributed by atoms with Crippen LogP contribution in [0.5, 0.6) is 0 Å². The highest BCUT2D eigenvalue weighted by Crippen LogP contribution is 2.22. The maximum absolute atomic E-state index is 12.3. The molecule has 0 bridgehead atoms. The van der Waals surface area contributed by atoms with Crippen molar-refractivity contribution in [2.45, 2.75) is 44.6 Å². The van der Waals surface area contributed by atoms with Gasteiger partial charge in [0, 0.05) is 16.1 Å². The summed E-state index contributed by atoms with van der Waals surface area (Å²) in [7, 11) is -3.59. The fourth-order valence-corrected chi connectivity index (χ4v) is 4.34. The van der Waals surface area contributed by atoms with Crippen molar-refractivity contribution >= 4 is 33.2 Å². The highest BCUT2D eigenvalue weighted by atomic mass is 35.5. The Morgan fingerprint density at radius 2 is 1.68 bits per heavy atom. The van der Waals surface area contributed by atoms with Gasteiger partial charge in [0.25, 0.3) is 0 Å². The van der Waals surface area contributed by atoms with Gasteiger partial charge in [0.1, 0.15) is 0 Å². The molecule has 0 spiro atoms. The van der Waals surface area contributed by atoms with Gasteiger partial charge in [-0.1, -0.05) is 23.2 Å². The Hall–Kier alpha value is -0.330. The van der Waals surface area contributed by atoms with Crippen LogP contribution in [0.15, 0.2) is 23.1 Å². The molecule has 0 radical (unpaired) electrons. The third kappa shape index (κ3) is 6.42. The van der Waals surface area contributed by atoms with Crippen molar-refractivity contribution in [3.8, 4) is 0 Å². The molecule has 1 aromatic rings. The van der Waals surface area contributed by atoms with E-state index in [9.17, 15) is 8.42 Å². The number of hydrogen-bond acceptors (Lipinski definition) is 2. The van der Waals surface area contributed by atoms with E-state index in [4.69, 9.17) is 23.2 Å². The van der Waals surface area contributed by atoms with Crippen molar-refractivity contribution in [3.63, 3.8) is 0 Å². The molecule has 0 aliphatic rings. The molecule has 22 heavy (non-hydrogen) atoms. The average molecular weight is 368 g/mol. The lowest BCUT2D eigenvalue weighted by atomic mass is 10.2. The SMILES string of the molecule is CC[NH+](CC)CCC[C@@H](C)NS(=O)(=O)c1cc(Cl)cc(Cl)c1. The topological polar surface area (TPSA) is 50.6 Å². The summed E-state index contributed by atoms with van der Waals surface area (Å²) >= 11 is 11.7. The van der Waals surface area contributed by atoms with Crippen molar-refractivity contribution in [1.29, 1.82) is 0 Å². The van der Waals surface area contributed by atoms with E-state index >= 15 is 0 Å². The highest BCUT2D eigenvalue weighted by Gasteiger charge is 2.18. The van der Waals surface area contributed by atoms with Gasteiger partial charge >= 0.3 is 0 Å². The quantitative estimate of drug-likeness (QED) is 0.703. The molecule has 0 saturated heterocycles. The van der Waals surface area contributed by atoms with E-state index < -0.39 is 10.0 Å². The smallest absolute Gasteiger partial charge is 0.240 e. The molecule has 0 unspecified atom stereocenters. The molecule has 0 heterocycles. The average Bonchev–Trinajstić information content (AvgIpc) is 2.42. The lowest BCUT2D eigenvalue weighted by molar-refractivity contribution is -0.896. The van der Waals surface area contributed by atoms with Gasteiger partial charge in [-0.3, -0.25) is 0 Å². The van der Waals surface area contributed by atoms with Crippen LogP contribution in [0.4, 0.5) is 0 Å². The fraction of sp³-hybridized carbons (Fsp3) is 0.600. The van der Waals surface area contributed by atoms with Crippen molar-refractivity contribution in [1.82, 2.24) is 4.72 Å². The molecule has 0 aromatic heterocycles. The van der Waals surface area contributed by atoms with Crippen LogP contribution in [0, 0.1) is 0 Å². The van der Waals surface area contributed by atoms with Gasteiger partial charge in [-0.15, -0.1) is 0 Å². The molecule has 4 nitrogen and oxygen atoms in total. The summed E-state index contributed by atoms with van der Waals surface area (Å²) in [5, 5.41) is 0.622. The monoisotopic (exact) mass is 367 g/mol. The first-order valence-corrected chi connectivity index (χ1v) is 9.84. The molecule has 1 aromatic carbocycles. The Morgan fingerprint density at radius 1 is 1.14 bits per heavy atom. The van der Waals surface area contributed by atoms with E-state index in [0.717, 1.165) is 32.5 Å². The van der Waals surface area contributed by atoms with Gasteiger partial charge in [-0.05, 0) is 51.8 Å². The minimum Gasteiger partial charge on any atom is -0.335 e. The van der Waals surface area contributed by atoms with Gasteiger partial charge in [0.2, 0.25) is 10.0 Å². The van der Waals surface area contributed by atoms with Crippen molar-refractivity contribution in [3.05, 3.63) is 28.2 Å². The first kappa shape index (κ1) is 19.7. The first-order chi connectivity index (χ1) is 10.3. The second kappa shape index (κ2) is 9.08. The lowest BCUT2D eigenvalue weighted by Gasteiger charge is -2.18. The maximum atomic E-state index is 12.3. The van der Waals surface area contributed by atoms with Crippen LogP contribution in [-0.2, 0) is 10.0 Å². The predicted octanol–water partition coefficient (Wildman–Crippen LogP) is 2.37. The van der Waals surface area contributed by atoms with E-state index in [-0.39, 0.29) is 10.9 Å². The number of quaternary nitrogens is 1. The number of rotatable bonds is 9. The third-order valence-corrected chi connectivity index (χ3v) is 5.68. The van der Waals surface area contributed by atoms with Crippen LogP contribution in [0.25, 0.3) is 0 Å². The number of benzene rings is 1. The highest BCUT2D eigenvalue weighted by molar-refractivity contribution is 7.89. The summed E-state index contributed by atoms with van der Waals surface area (Å²) in [5.74, 6) is 0.